The second-order valence-corrected chi connectivity index (χ2v) is 10.3. The number of aromatic amines is 1. The maximum atomic E-state index is 13.2. The van der Waals surface area contributed by atoms with Crippen LogP contribution >= 0.6 is 0 Å². The summed E-state index contributed by atoms with van der Waals surface area (Å²) >= 11 is 0. The van der Waals surface area contributed by atoms with Crippen molar-refractivity contribution in [3.63, 3.8) is 0 Å². The number of fused-ring (bicyclic) bond motifs is 2. The molecule has 41 heavy (non-hydrogen) atoms. The molecule has 0 spiro atoms. The van der Waals surface area contributed by atoms with Gasteiger partial charge in [0.1, 0.15) is 13.2 Å². The second kappa shape index (κ2) is 12.1. The van der Waals surface area contributed by atoms with Crippen molar-refractivity contribution in [2.24, 2.45) is 0 Å². The highest BCUT2D eigenvalue weighted by atomic mass is 16.6. The van der Waals surface area contributed by atoms with Crippen molar-refractivity contribution in [1.82, 2.24) is 30.1 Å². The Kier molecular flexibility index (Phi) is 8.01. The number of aromatic nitrogens is 5. The van der Waals surface area contributed by atoms with Gasteiger partial charge in [-0.05, 0) is 59.5 Å². The molecule has 0 saturated carbocycles. The average Bonchev–Trinajstić information content (AvgIpc) is 3.67. The van der Waals surface area contributed by atoms with Crippen LogP contribution in [0.15, 0.2) is 41.2 Å². The number of ether oxygens (including phenoxy) is 5. The van der Waals surface area contributed by atoms with Gasteiger partial charge >= 0.3 is 0 Å². The van der Waals surface area contributed by atoms with Gasteiger partial charge in [-0.3, -0.25) is 9.69 Å². The molecule has 0 amide bonds. The minimum Gasteiger partial charge on any atom is -0.493 e. The number of tetrazole rings is 1. The van der Waals surface area contributed by atoms with Crippen LogP contribution in [0, 0.1) is 0 Å². The van der Waals surface area contributed by atoms with Crippen molar-refractivity contribution >= 4 is 10.9 Å². The van der Waals surface area contributed by atoms with Crippen LogP contribution in [0.25, 0.3) is 10.9 Å². The zero-order valence-corrected chi connectivity index (χ0v) is 23.3. The quantitative estimate of drug-likeness (QED) is 0.292. The Labute approximate surface area is 237 Å². The van der Waals surface area contributed by atoms with E-state index in [4.69, 9.17) is 23.7 Å². The smallest absolute Gasteiger partial charge is 0.252 e. The van der Waals surface area contributed by atoms with Crippen molar-refractivity contribution in [3.05, 3.63) is 63.7 Å². The van der Waals surface area contributed by atoms with Crippen molar-refractivity contribution < 1.29 is 23.7 Å². The Balaban J connectivity index is 1.26. The lowest BCUT2D eigenvalue weighted by molar-refractivity contribution is 0.0916. The van der Waals surface area contributed by atoms with Crippen LogP contribution in [-0.4, -0.2) is 76.8 Å². The number of nitrogens with zero attached hydrogens (tertiary/aromatic N) is 5. The summed E-state index contributed by atoms with van der Waals surface area (Å²) in [6, 6.07) is 11.6. The fourth-order valence-corrected chi connectivity index (χ4v) is 5.34. The molecule has 6 rings (SSSR count). The zero-order chi connectivity index (χ0) is 28.2. The van der Waals surface area contributed by atoms with Gasteiger partial charge in [-0.25, -0.2) is 4.68 Å². The van der Waals surface area contributed by atoms with Gasteiger partial charge in [0.15, 0.2) is 28.8 Å². The fourth-order valence-electron chi connectivity index (χ4n) is 5.34. The highest BCUT2D eigenvalue weighted by Gasteiger charge is 2.21. The molecule has 2 aromatic heterocycles. The van der Waals surface area contributed by atoms with E-state index in [1.54, 1.807) is 14.2 Å². The van der Waals surface area contributed by atoms with E-state index in [-0.39, 0.29) is 11.7 Å². The average molecular weight is 563 g/mol. The molecule has 1 fully saturated rings. The lowest BCUT2D eigenvalue weighted by Crippen LogP contribution is -2.30. The van der Waals surface area contributed by atoms with Crippen molar-refractivity contribution in [2.45, 2.75) is 45.0 Å². The molecule has 12 nitrogen and oxygen atoms in total. The Morgan fingerprint density at radius 3 is 2.63 bits per heavy atom. The molecular formula is C29H34N6O6. The molecule has 1 N–H and O–H groups in total. The highest BCUT2D eigenvalue weighted by Crippen LogP contribution is 2.34. The van der Waals surface area contributed by atoms with E-state index in [0.29, 0.717) is 73.5 Å². The molecule has 0 aliphatic carbocycles. The van der Waals surface area contributed by atoms with Crippen LogP contribution in [-0.2, 0) is 30.8 Å². The monoisotopic (exact) mass is 562 g/mol. The van der Waals surface area contributed by atoms with E-state index in [2.05, 4.69) is 25.4 Å². The van der Waals surface area contributed by atoms with Gasteiger partial charge in [0.25, 0.3) is 5.56 Å². The van der Waals surface area contributed by atoms with Gasteiger partial charge in [-0.2, -0.15) is 0 Å². The van der Waals surface area contributed by atoms with E-state index in [0.717, 1.165) is 42.6 Å². The first-order chi connectivity index (χ1) is 20.1. The summed E-state index contributed by atoms with van der Waals surface area (Å²) in [5, 5.41) is 13.4. The van der Waals surface area contributed by atoms with Crippen LogP contribution in [0.3, 0.4) is 0 Å². The number of hydrogen-bond donors (Lipinski definition) is 1. The summed E-state index contributed by atoms with van der Waals surface area (Å²) < 4.78 is 30.0. The van der Waals surface area contributed by atoms with E-state index < -0.39 is 0 Å². The number of nitrogens with one attached hydrogen (secondary N) is 1. The van der Waals surface area contributed by atoms with Crippen LogP contribution in [0.1, 0.15) is 29.8 Å². The summed E-state index contributed by atoms with van der Waals surface area (Å²) in [6.45, 7) is 3.88. The molecule has 1 saturated heterocycles. The van der Waals surface area contributed by atoms with E-state index in [1.165, 1.54) is 0 Å². The van der Waals surface area contributed by atoms with Crippen LogP contribution < -0.4 is 24.5 Å². The lowest BCUT2D eigenvalue weighted by atomic mass is 10.1. The van der Waals surface area contributed by atoms with E-state index in [1.807, 2.05) is 41.1 Å². The number of benzene rings is 2. The number of hydrogen-bond acceptors (Lipinski definition) is 10. The van der Waals surface area contributed by atoms with Crippen molar-refractivity contribution in [3.8, 4) is 23.0 Å². The van der Waals surface area contributed by atoms with Crippen LogP contribution in [0.4, 0.5) is 0 Å². The minimum atomic E-state index is -0.149. The Morgan fingerprint density at radius 2 is 1.85 bits per heavy atom. The largest absolute Gasteiger partial charge is 0.493 e. The van der Waals surface area contributed by atoms with Crippen molar-refractivity contribution in [2.75, 3.05) is 40.6 Å². The van der Waals surface area contributed by atoms with E-state index >= 15 is 0 Å². The number of methoxy groups -OCH3 is 2. The second-order valence-electron chi connectivity index (χ2n) is 10.3. The topological polar surface area (TPSA) is 126 Å². The molecule has 0 unspecified atom stereocenters. The molecule has 4 heterocycles. The highest BCUT2D eigenvalue weighted by molar-refractivity contribution is 5.83. The molecule has 0 bridgehead atoms. The standard InChI is InChI=1S/C29H34N6O6/c1-37-24-6-5-19(12-25(24)38-2)7-8-34(18-28-31-32-33-35(28)17-22-4-3-9-39-22)16-21-13-20-14-26-27(41-11-10-40-26)15-23(20)30-29(21)36/h5-6,12-15,22H,3-4,7-11,16-18H2,1-2H3,(H,30,36)/t22-/m0/s1. The molecule has 1 atom stereocenters. The first kappa shape index (κ1) is 27.0. The first-order valence-electron chi connectivity index (χ1n) is 13.8. The van der Waals surface area contributed by atoms with Crippen LogP contribution in [0.5, 0.6) is 23.0 Å². The summed E-state index contributed by atoms with van der Waals surface area (Å²) in [6.07, 6.45) is 2.87. The Bertz CT molecular complexity index is 1560. The van der Waals surface area contributed by atoms with E-state index in [9.17, 15) is 4.79 Å². The molecule has 2 aliphatic rings. The van der Waals surface area contributed by atoms with Gasteiger partial charge < -0.3 is 28.7 Å². The van der Waals surface area contributed by atoms with Gasteiger partial charge in [0.05, 0.1) is 38.9 Å². The predicted octanol–water partition coefficient (Wildman–Crippen LogP) is 2.73. The Morgan fingerprint density at radius 1 is 1.02 bits per heavy atom. The third kappa shape index (κ3) is 6.13. The molecule has 2 aliphatic heterocycles. The molecule has 2 aromatic carbocycles. The molecule has 216 valence electrons. The minimum absolute atomic E-state index is 0.109. The first-order valence-corrected chi connectivity index (χ1v) is 13.8. The zero-order valence-electron chi connectivity index (χ0n) is 23.3. The lowest BCUT2D eigenvalue weighted by Gasteiger charge is -2.23. The number of pyridine rings is 1. The molecule has 0 radical (unpaired) electrons. The maximum absolute atomic E-state index is 13.2. The Hall–Kier alpha value is -4.16. The summed E-state index contributed by atoms with van der Waals surface area (Å²) in [4.78, 5) is 18.4. The molecule has 4 aromatic rings. The number of rotatable bonds is 11. The maximum Gasteiger partial charge on any atom is 0.252 e. The van der Waals surface area contributed by atoms with Crippen molar-refractivity contribution in [1.29, 1.82) is 0 Å². The van der Waals surface area contributed by atoms with Gasteiger partial charge in [0, 0.05) is 36.7 Å². The molecular weight excluding hydrogens is 528 g/mol. The third-order valence-electron chi connectivity index (χ3n) is 7.51. The number of H-pyrrole nitrogens is 1. The SMILES string of the molecule is COc1ccc(CCN(Cc2cc3cc4c(cc3[nH]c2=O)OCCO4)Cc2nnnn2C[C@@H]2CCCO2)cc1OC. The third-order valence-corrected chi connectivity index (χ3v) is 7.51. The van der Waals surface area contributed by atoms with Gasteiger partial charge in [-0.15, -0.1) is 5.10 Å². The predicted molar refractivity (Wildman–Crippen MR) is 150 cm³/mol. The van der Waals surface area contributed by atoms with Gasteiger partial charge in [0.2, 0.25) is 0 Å². The fraction of sp³-hybridized carbons (Fsp3) is 0.448. The summed E-state index contributed by atoms with van der Waals surface area (Å²) in [7, 11) is 3.25. The molecule has 12 heteroatoms. The summed E-state index contributed by atoms with van der Waals surface area (Å²) in [5.74, 6) is 3.41. The van der Waals surface area contributed by atoms with Crippen LogP contribution in [0.2, 0.25) is 0 Å². The summed E-state index contributed by atoms with van der Waals surface area (Å²) in [5.41, 5.74) is 2.28. The van der Waals surface area contributed by atoms with Gasteiger partial charge in [-0.1, -0.05) is 6.07 Å². The normalized spacial score (nSPS) is 16.4.